The van der Waals surface area contributed by atoms with Gasteiger partial charge in [0.2, 0.25) is 5.91 Å². The van der Waals surface area contributed by atoms with Crippen molar-refractivity contribution in [2.45, 2.75) is 32.0 Å². The summed E-state index contributed by atoms with van der Waals surface area (Å²) in [4.78, 5) is 25.5. The molecule has 0 bridgehead atoms. The minimum atomic E-state index is -0.447. The highest BCUT2D eigenvalue weighted by atomic mass is 16.5. The molecule has 1 aromatic carbocycles. The molecule has 2 rings (SSSR count). The standard InChI is InChI=1S/C16H22N2O3/c1-17-15(19)11-18-10-6-5-9-14(16(18)20)21-12-13-7-3-2-4-8-13/h2-4,7-8,14H,5-6,9-12H2,1H3,(H,17,19). The van der Waals surface area contributed by atoms with Crippen molar-refractivity contribution in [1.82, 2.24) is 10.2 Å². The zero-order valence-electron chi connectivity index (χ0n) is 12.4. The van der Waals surface area contributed by atoms with Crippen LogP contribution in [0.1, 0.15) is 24.8 Å². The average molecular weight is 290 g/mol. The van der Waals surface area contributed by atoms with Crippen LogP contribution in [-0.2, 0) is 20.9 Å². The molecule has 5 nitrogen and oxygen atoms in total. The first kappa shape index (κ1) is 15.5. The van der Waals surface area contributed by atoms with Gasteiger partial charge in [0.1, 0.15) is 6.10 Å². The molecule has 0 saturated carbocycles. The lowest BCUT2D eigenvalue weighted by atomic mass is 10.1. The molecule has 1 atom stereocenters. The predicted molar refractivity (Wildman–Crippen MR) is 79.5 cm³/mol. The second-order valence-electron chi connectivity index (χ2n) is 5.21. The fraction of sp³-hybridized carbons (Fsp3) is 0.500. The maximum absolute atomic E-state index is 12.4. The lowest BCUT2D eigenvalue weighted by Crippen LogP contribution is -2.44. The third kappa shape index (κ3) is 4.56. The van der Waals surface area contributed by atoms with Gasteiger partial charge in [-0.25, -0.2) is 0 Å². The van der Waals surface area contributed by atoms with Gasteiger partial charge in [-0.05, 0) is 24.8 Å². The molecule has 0 spiro atoms. The van der Waals surface area contributed by atoms with E-state index in [0.717, 1.165) is 24.8 Å². The second kappa shape index (κ2) is 7.78. The lowest BCUT2D eigenvalue weighted by molar-refractivity contribution is -0.146. The lowest BCUT2D eigenvalue weighted by Gasteiger charge is -2.23. The van der Waals surface area contributed by atoms with E-state index < -0.39 is 6.10 Å². The number of carbonyl (C=O) groups excluding carboxylic acids is 2. The summed E-state index contributed by atoms with van der Waals surface area (Å²) in [5, 5.41) is 2.55. The third-order valence-corrected chi connectivity index (χ3v) is 3.64. The quantitative estimate of drug-likeness (QED) is 0.890. The van der Waals surface area contributed by atoms with Crippen LogP contribution in [0.25, 0.3) is 0 Å². The molecule has 21 heavy (non-hydrogen) atoms. The molecule has 1 heterocycles. The molecule has 1 unspecified atom stereocenters. The number of rotatable bonds is 5. The van der Waals surface area contributed by atoms with Crippen LogP contribution in [0.15, 0.2) is 30.3 Å². The summed E-state index contributed by atoms with van der Waals surface area (Å²) < 4.78 is 5.78. The average Bonchev–Trinajstić information content (AvgIpc) is 2.69. The van der Waals surface area contributed by atoms with Crippen molar-refractivity contribution in [3.05, 3.63) is 35.9 Å². The number of hydrogen-bond donors (Lipinski definition) is 1. The van der Waals surface area contributed by atoms with E-state index in [0.29, 0.717) is 13.2 Å². The molecule has 1 aliphatic heterocycles. The molecule has 1 aliphatic rings. The third-order valence-electron chi connectivity index (χ3n) is 3.64. The number of nitrogens with zero attached hydrogens (tertiary/aromatic N) is 1. The van der Waals surface area contributed by atoms with Gasteiger partial charge in [-0.3, -0.25) is 9.59 Å². The van der Waals surface area contributed by atoms with Crippen LogP contribution in [0.3, 0.4) is 0 Å². The molecule has 0 radical (unpaired) electrons. The van der Waals surface area contributed by atoms with E-state index in [1.165, 1.54) is 0 Å². The first-order valence-electron chi connectivity index (χ1n) is 7.35. The number of nitrogens with one attached hydrogen (secondary N) is 1. The first-order valence-corrected chi connectivity index (χ1v) is 7.35. The number of likely N-dealkylation sites (tertiary alicyclic amines) is 1. The number of hydrogen-bond acceptors (Lipinski definition) is 3. The van der Waals surface area contributed by atoms with E-state index in [1.54, 1.807) is 11.9 Å². The van der Waals surface area contributed by atoms with Gasteiger partial charge < -0.3 is 15.0 Å². The Balaban J connectivity index is 1.94. The molecule has 1 aromatic rings. The summed E-state index contributed by atoms with van der Waals surface area (Å²) in [6, 6.07) is 9.80. The van der Waals surface area contributed by atoms with Crippen LogP contribution < -0.4 is 5.32 Å². The molecule has 1 N–H and O–H groups in total. The first-order chi connectivity index (χ1) is 10.2. The zero-order valence-corrected chi connectivity index (χ0v) is 12.4. The number of likely N-dealkylation sites (N-methyl/N-ethyl adjacent to an activating group) is 1. The van der Waals surface area contributed by atoms with Crippen molar-refractivity contribution < 1.29 is 14.3 Å². The molecule has 1 fully saturated rings. The summed E-state index contributed by atoms with van der Waals surface area (Å²) in [7, 11) is 1.58. The van der Waals surface area contributed by atoms with Crippen molar-refractivity contribution in [2.24, 2.45) is 0 Å². The molecular weight excluding hydrogens is 268 g/mol. The second-order valence-corrected chi connectivity index (χ2v) is 5.21. The highest BCUT2D eigenvalue weighted by molar-refractivity contribution is 5.87. The minimum Gasteiger partial charge on any atom is -0.364 e. The van der Waals surface area contributed by atoms with Crippen molar-refractivity contribution in [1.29, 1.82) is 0 Å². The monoisotopic (exact) mass is 290 g/mol. The molecule has 1 saturated heterocycles. The van der Waals surface area contributed by atoms with Crippen LogP contribution in [-0.4, -0.2) is 43.0 Å². The largest absolute Gasteiger partial charge is 0.364 e. The van der Waals surface area contributed by atoms with Crippen LogP contribution >= 0.6 is 0 Å². The number of carbonyl (C=O) groups is 2. The molecule has 0 aliphatic carbocycles. The Kier molecular flexibility index (Phi) is 5.75. The summed E-state index contributed by atoms with van der Waals surface area (Å²) in [5.74, 6) is -0.223. The van der Waals surface area contributed by atoms with E-state index in [2.05, 4.69) is 5.32 Å². The fourth-order valence-electron chi connectivity index (χ4n) is 2.40. The van der Waals surface area contributed by atoms with Gasteiger partial charge in [0.25, 0.3) is 5.91 Å². The van der Waals surface area contributed by atoms with E-state index in [-0.39, 0.29) is 18.4 Å². The van der Waals surface area contributed by atoms with E-state index in [9.17, 15) is 9.59 Å². The van der Waals surface area contributed by atoms with Gasteiger partial charge in [0, 0.05) is 13.6 Å². The van der Waals surface area contributed by atoms with Gasteiger partial charge in [0.05, 0.1) is 13.2 Å². The number of benzene rings is 1. The van der Waals surface area contributed by atoms with Gasteiger partial charge in [-0.15, -0.1) is 0 Å². The van der Waals surface area contributed by atoms with E-state index >= 15 is 0 Å². The van der Waals surface area contributed by atoms with E-state index in [1.807, 2.05) is 30.3 Å². The Bertz CT molecular complexity index is 476. The number of amides is 2. The Morgan fingerprint density at radius 2 is 2.10 bits per heavy atom. The molecular formula is C16H22N2O3. The Hall–Kier alpha value is -1.88. The Morgan fingerprint density at radius 3 is 2.81 bits per heavy atom. The van der Waals surface area contributed by atoms with Crippen LogP contribution in [0.5, 0.6) is 0 Å². The van der Waals surface area contributed by atoms with Crippen LogP contribution in [0, 0.1) is 0 Å². The summed E-state index contributed by atoms with van der Waals surface area (Å²) >= 11 is 0. The Labute approximate surface area is 125 Å². The maximum Gasteiger partial charge on any atom is 0.252 e. The summed E-state index contributed by atoms with van der Waals surface area (Å²) in [5.41, 5.74) is 1.05. The summed E-state index contributed by atoms with van der Waals surface area (Å²) in [6.45, 7) is 1.16. The van der Waals surface area contributed by atoms with Crippen molar-refractivity contribution in [2.75, 3.05) is 20.1 Å². The molecule has 2 amide bonds. The normalized spacial score (nSPS) is 19.2. The van der Waals surface area contributed by atoms with Crippen molar-refractivity contribution in [3.63, 3.8) is 0 Å². The van der Waals surface area contributed by atoms with E-state index in [4.69, 9.17) is 4.74 Å². The highest BCUT2D eigenvalue weighted by Crippen LogP contribution is 2.16. The van der Waals surface area contributed by atoms with Gasteiger partial charge in [-0.2, -0.15) is 0 Å². The molecule has 0 aromatic heterocycles. The summed E-state index contributed by atoms with van der Waals surface area (Å²) in [6.07, 6.45) is 2.12. The highest BCUT2D eigenvalue weighted by Gasteiger charge is 2.28. The van der Waals surface area contributed by atoms with Gasteiger partial charge >= 0.3 is 0 Å². The smallest absolute Gasteiger partial charge is 0.252 e. The van der Waals surface area contributed by atoms with Crippen LogP contribution in [0.2, 0.25) is 0 Å². The molecule has 5 heteroatoms. The van der Waals surface area contributed by atoms with Crippen molar-refractivity contribution >= 4 is 11.8 Å². The van der Waals surface area contributed by atoms with Gasteiger partial charge in [0.15, 0.2) is 0 Å². The van der Waals surface area contributed by atoms with Gasteiger partial charge in [-0.1, -0.05) is 30.3 Å². The topological polar surface area (TPSA) is 58.6 Å². The van der Waals surface area contributed by atoms with Crippen molar-refractivity contribution in [3.8, 4) is 0 Å². The molecule has 114 valence electrons. The predicted octanol–water partition coefficient (Wildman–Crippen LogP) is 1.33. The fourth-order valence-corrected chi connectivity index (χ4v) is 2.40. The minimum absolute atomic E-state index is 0.0768. The number of ether oxygens (including phenoxy) is 1. The Morgan fingerprint density at radius 1 is 1.33 bits per heavy atom. The maximum atomic E-state index is 12.4. The zero-order chi connectivity index (χ0) is 15.1. The van der Waals surface area contributed by atoms with Crippen LogP contribution in [0.4, 0.5) is 0 Å². The SMILES string of the molecule is CNC(=O)CN1CCCCC(OCc2ccccc2)C1=O.